The third-order valence-electron chi connectivity index (χ3n) is 4.59. The second-order valence-corrected chi connectivity index (χ2v) is 6.73. The zero-order valence-electron chi connectivity index (χ0n) is 14.2. The molecular weight excluding hydrogens is 318 g/mol. The van der Waals surface area contributed by atoms with Gasteiger partial charge in [-0.2, -0.15) is 0 Å². The Morgan fingerprint density at radius 3 is 2.12 bits per heavy atom. The summed E-state index contributed by atoms with van der Waals surface area (Å²) in [6, 6.07) is 14.2. The van der Waals surface area contributed by atoms with E-state index in [9.17, 15) is 4.79 Å². The van der Waals surface area contributed by atoms with Crippen LogP contribution in [0.2, 0.25) is 5.02 Å². The molecule has 2 aromatic carbocycles. The van der Waals surface area contributed by atoms with Crippen LogP contribution in [0.25, 0.3) is 5.57 Å². The number of aryl methyl sites for hydroxylation is 1. The Labute approximate surface area is 148 Å². The molecule has 0 aliphatic carbocycles. The molecule has 124 valence electrons. The van der Waals surface area contributed by atoms with E-state index in [-0.39, 0.29) is 5.78 Å². The van der Waals surface area contributed by atoms with Gasteiger partial charge in [0.2, 0.25) is 0 Å². The SMILES string of the molecule is CC(=O)c1ccc(C(=C2CCNCC2)c2ccc(Cl)c(C)c2)cc1. The summed E-state index contributed by atoms with van der Waals surface area (Å²) in [4.78, 5) is 11.5. The summed E-state index contributed by atoms with van der Waals surface area (Å²) in [5.41, 5.74) is 6.95. The van der Waals surface area contributed by atoms with Gasteiger partial charge in [-0.05, 0) is 74.2 Å². The van der Waals surface area contributed by atoms with E-state index in [1.807, 2.05) is 25.1 Å². The van der Waals surface area contributed by atoms with E-state index in [1.165, 1.54) is 22.3 Å². The molecule has 1 aliphatic heterocycles. The van der Waals surface area contributed by atoms with Crippen molar-refractivity contribution in [1.82, 2.24) is 5.32 Å². The number of ketones is 1. The smallest absolute Gasteiger partial charge is 0.159 e. The number of carbonyl (C=O) groups excluding carboxylic acids is 1. The molecule has 0 radical (unpaired) electrons. The van der Waals surface area contributed by atoms with Crippen LogP contribution in [0.15, 0.2) is 48.0 Å². The number of Topliss-reactive ketones (excluding diaryl/α,β-unsaturated/α-hetero) is 1. The Kier molecular flexibility index (Phi) is 5.17. The Morgan fingerprint density at radius 1 is 0.958 bits per heavy atom. The van der Waals surface area contributed by atoms with E-state index in [0.29, 0.717) is 0 Å². The quantitative estimate of drug-likeness (QED) is 0.794. The number of nitrogens with one attached hydrogen (secondary N) is 1. The van der Waals surface area contributed by atoms with E-state index in [1.54, 1.807) is 6.92 Å². The molecule has 2 nitrogen and oxygen atoms in total. The van der Waals surface area contributed by atoms with Crippen molar-refractivity contribution in [2.24, 2.45) is 0 Å². The van der Waals surface area contributed by atoms with Crippen LogP contribution >= 0.6 is 11.6 Å². The average molecular weight is 340 g/mol. The van der Waals surface area contributed by atoms with Gasteiger partial charge in [0.05, 0.1) is 0 Å². The van der Waals surface area contributed by atoms with Crippen molar-refractivity contribution in [2.75, 3.05) is 13.1 Å². The molecule has 0 spiro atoms. The molecule has 0 atom stereocenters. The fourth-order valence-corrected chi connectivity index (χ4v) is 3.34. The number of hydrogen-bond acceptors (Lipinski definition) is 2. The summed E-state index contributed by atoms with van der Waals surface area (Å²) in [5, 5.41) is 4.21. The third kappa shape index (κ3) is 3.61. The van der Waals surface area contributed by atoms with Crippen LogP contribution in [0.4, 0.5) is 0 Å². The summed E-state index contributed by atoms with van der Waals surface area (Å²) in [7, 11) is 0. The van der Waals surface area contributed by atoms with E-state index in [0.717, 1.165) is 42.1 Å². The molecule has 0 amide bonds. The van der Waals surface area contributed by atoms with Gasteiger partial charge in [-0.3, -0.25) is 4.79 Å². The maximum atomic E-state index is 11.5. The number of hydrogen-bond donors (Lipinski definition) is 1. The van der Waals surface area contributed by atoms with Crippen molar-refractivity contribution in [3.05, 3.63) is 75.3 Å². The van der Waals surface area contributed by atoms with Crippen molar-refractivity contribution in [3.8, 4) is 0 Å². The molecule has 1 aliphatic rings. The molecule has 0 aromatic heterocycles. The Morgan fingerprint density at radius 2 is 1.54 bits per heavy atom. The standard InChI is InChI=1S/C21H22ClNO/c1-14-13-19(7-8-20(14)22)21(18-9-11-23-12-10-18)17-5-3-16(4-6-17)15(2)24/h3-8,13,23H,9-12H2,1-2H3. The lowest BCUT2D eigenvalue weighted by Crippen LogP contribution is -2.23. The van der Waals surface area contributed by atoms with Crippen LogP contribution in [0.1, 0.15) is 46.8 Å². The molecule has 1 N–H and O–H groups in total. The van der Waals surface area contributed by atoms with Crippen molar-refractivity contribution in [3.63, 3.8) is 0 Å². The Balaban J connectivity index is 2.11. The molecule has 1 saturated heterocycles. The van der Waals surface area contributed by atoms with Crippen LogP contribution in [-0.4, -0.2) is 18.9 Å². The molecule has 3 rings (SSSR count). The minimum atomic E-state index is 0.0972. The summed E-state index contributed by atoms with van der Waals surface area (Å²) >= 11 is 6.21. The minimum absolute atomic E-state index is 0.0972. The zero-order chi connectivity index (χ0) is 17.1. The van der Waals surface area contributed by atoms with Crippen LogP contribution < -0.4 is 5.32 Å². The van der Waals surface area contributed by atoms with Gasteiger partial charge in [0.25, 0.3) is 0 Å². The highest BCUT2D eigenvalue weighted by atomic mass is 35.5. The first-order valence-electron chi connectivity index (χ1n) is 8.37. The van der Waals surface area contributed by atoms with Gasteiger partial charge in [0, 0.05) is 10.6 Å². The third-order valence-corrected chi connectivity index (χ3v) is 5.01. The number of benzene rings is 2. The van der Waals surface area contributed by atoms with E-state index < -0.39 is 0 Å². The van der Waals surface area contributed by atoms with Crippen LogP contribution in [0.3, 0.4) is 0 Å². The summed E-state index contributed by atoms with van der Waals surface area (Å²) in [6.07, 6.45) is 2.09. The molecule has 0 saturated carbocycles. The fourth-order valence-electron chi connectivity index (χ4n) is 3.23. The first kappa shape index (κ1) is 16.9. The minimum Gasteiger partial charge on any atom is -0.316 e. The van der Waals surface area contributed by atoms with Crippen LogP contribution in [0.5, 0.6) is 0 Å². The summed E-state index contributed by atoms with van der Waals surface area (Å²) in [5.74, 6) is 0.0972. The first-order chi connectivity index (χ1) is 11.6. The van der Waals surface area contributed by atoms with Crippen molar-refractivity contribution < 1.29 is 4.79 Å². The van der Waals surface area contributed by atoms with E-state index >= 15 is 0 Å². The number of carbonyl (C=O) groups is 1. The molecule has 0 bridgehead atoms. The van der Waals surface area contributed by atoms with Crippen molar-refractivity contribution >= 4 is 23.0 Å². The highest BCUT2D eigenvalue weighted by molar-refractivity contribution is 6.31. The van der Waals surface area contributed by atoms with Gasteiger partial charge in [0.1, 0.15) is 0 Å². The second-order valence-electron chi connectivity index (χ2n) is 6.33. The van der Waals surface area contributed by atoms with Gasteiger partial charge in [-0.25, -0.2) is 0 Å². The van der Waals surface area contributed by atoms with Gasteiger partial charge < -0.3 is 5.32 Å². The monoisotopic (exact) mass is 339 g/mol. The molecule has 24 heavy (non-hydrogen) atoms. The molecule has 0 unspecified atom stereocenters. The second kappa shape index (κ2) is 7.33. The molecular formula is C21H22ClNO. The Hall–Kier alpha value is -1.90. The molecule has 1 fully saturated rings. The van der Waals surface area contributed by atoms with Gasteiger partial charge in [-0.1, -0.05) is 47.5 Å². The lowest BCUT2D eigenvalue weighted by Gasteiger charge is -2.21. The maximum Gasteiger partial charge on any atom is 0.159 e. The van der Waals surface area contributed by atoms with Gasteiger partial charge in [-0.15, -0.1) is 0 Å². The first-order valence-corrected chi connectivity index (χ1v) is 8.74. The summed E-state index contributed by atoms with van der Waals surface area (Å²) < 4.78 is 0. The highest BCUT2D eigenvalue weighted by Gasteiger charge is 2.15. The highest BCUT2D eigenvalue weighted by Crippen LogP contribution is 2.33. The average Bonchev–Trinajstić information content (AvgIpc) is 2.60. The number of piperidine rings is 1. The predicted molar refractivity (Wildman–Crippen MR) is 101 cm³/mol. The number of rotatable bonds is 3. The normalized spacial score (nSPS) is 14.5. The molecule has 1 heterocycles. The van der Waals surface area contributed by atoms with Crippen molar-refractivity contribution in [1.29, 1.82) is 0 Å². The van der Waals surface area contributed by atoms with E-state index in [2.05, 4.69) is 29.6 Å². The topological polar surface area (TPSA) is 29.1 Å². The summed E-state index contributed by atoms with van der Waals surface area (Å²) in [6.45, 7) is 5.66. The maximum absolute atomic E-state index is 11.5. The Bertz CT molecular complexity index is 782. The fraction of sp³-hybridized carbons (Fsp3) is 0.286. The van der Waals surface area contributed by atoms with Gasteiger partial charge in [0.15, 0.2) is 5.78 Å². The predicted octanol–water partition coefficient (Wildman–Crippen LogP) is 5.04. The lowest BCUT2D eigenvalue weighted by molar-refractivity contribution is 0.101. The molecule has 2 aromatic rings. The van der Waals surface area contributed by atoms with Crippen LogP contribution in [0, 0.1) is 6.92 Å². The van der Waals surface area contributed by atoms with Gasteiger partial charge >= 0.3 is 0 Å². The van der Waals surface area contributed by atoms with Crippen LogP contribution in [-0.2, 0) is 0 Å². The number of halogens is 1. The molecule has 3 heteroatoms. The van der Waals surface area contributed by atoms with Crippen molar-refractivity contribution in [2.45, 2.75) is 26.7 Å². The van der Waals surface area contributed by atoms with E-state index in [4.69, 9.17) is 11.6 Å². The largest absolute Gasteiger partial charge is 0.316 e. The lowest BCUT2D eigenvalue weighted by atomic mass is 9.88. The zero-order valence-corrected chi connectivity index (χ0v) is 14.9.